The minimum absolute atomic E-state index is 0.350. The minimum atomic E-state index is 0.350. The maximum absolute atomic E-state index is 5.83. The van der Waals surface area contributed by atoms with Crippen molar-refractivity contribution in [2.24, 2.45) is 7.05 Å². The van der Waals surface area contributed by atoms with Crippen molar-refractivity contribution in [3.05, 3.63) is 42.0 Å². The fraction of sp³-hybridized carbons (Fsp3) is 0.500. The maximum atomic E-state index is 5.83. The molecule has 114 valence electrons. The second-order valence-electron chi connectivity index (χ2n) is 5.21. The lowest BCUT2D eigenvalue weighted by molar-refractivity contribution is 0.284. The Morgan fingerprint density at radius 1 is 1.38 bits per heavy atom. The number of likely N-dealkylation sites (N-methyl/N-ethyl adjacent to an activating group) is 1. The van der Waals surface area contributed by atoms with Gasteiger partial charge in [0.1, 0.15) is 17.9 Å². The molecule has 0 aliphatic carbocycles. The number of ether oxygens (including phenoxy) is 1. The van der Waals surface area contributed by atoms with Crippen LogP contribution in [0.3, 0.4) is 0 Å². The van der Waals surface area contributed by atoms with Crippen molar-refractivity contribution in [2.75, 3.05) is 13.2 Å². The van der Waals surface area contributed by atoms with Gasteiger partial charge in [0.25, 0.3) is 0 Å². The second kappa shape index (κ2) is 7.78. The van der Waals surface area contributed by atoms with Crippen LogP contribution in [0.15, 0.2) is 30.6 Å². The van der Waals surface area contributed by atoms with E-state index in [-0.39, 0.29) is 0 Å². The van der Waals surface area contributed by atoms with Crippen LogP contribution >= 0.6 is 0 Å². The zero-order valence-corrected chi connectivity index (χ0v) is 13.0. The van der Waals surface area contributed by atoms with Crippen LogP contribution in [0.4, 0.5) is 0 Å². The molecule has 1 atom stereocenters. The van der Waals surface area contributed by atoms with Crippen molar-refractivity contribution in [1.29, 1.82) is 0 Å². The first-order valence-corrected chi connectivity index (χ1v) is 7.44. The average molecular weight is 288 g/mol. The van der Waals surface area contributed by atoms with Crippen LogP contribution in [-0.4, -0.2) is 34.0 Å². The van der Waals surface area contributed by atoms with Crippen molar-refractivity contribution in [3.8, 4) is 5.75 Å². The summed E-state index contributed by atoms with van der Waals surface area (Å²) in [5, 5.41) is 7.60. The summed E-state index contributed by atoms with van der Waals surface area (Å²) in [5.41, 5.74) is 1.22. The molecule has 1 aromatic carbocycles. The first-order valence-electron chi connectivity index (χ1n) is 7.44. The van der Waals surface area contributed by atoms with Gasteiger partial charge in [0.2, 0.25) is 0 Å². The van der Waals surface area contributed by atoms with Crippen LogP contribution in [0.5, 0.6) is 5.75 Å². The summed E-state index contributed by atoms with van der Waals surface area (Å²) >= 11 is 0. The zero-order chi connectivity index (χ0) is 15.1. The van der Waals surface area contributed by atoms with Crippen LogP contribution < -0.4 is 10.1 Å². The SMILES string of the molecule is CCNC(CCOc1cccc(C)c1)Cc1ncnn1C. The highest BCUT2D eigenvalue weighted by Gasteiger charge is 2.12. The number of aryl methyl sites for hydroxylation is 2. The maximum Gasteiger partial charge on any atom is 0.138 e. The minimum Gasteiger partial charge on any atom is -0.494 e. The molecule has 0 saturated heterocycles. The van der Waals surface area contributed by atoms with Gasteiger partial charge in [-0.25, -0.2) is 4.98 Å². The molecular formula is C16H24N4O. The largest absolute Gasteiger partial charge is 0.494 e. The molecule has 0 saturated carbocycles. The fourth-order valence-electron chi connectivity index (χ4n) is 2.31. The van der Waals surface area contributed by atoms with E-state index in [0.717, 1.165) is 31.0 Å². The zero-order valence-electron chi connectivity index (χ0n) is 13.0. The molecule has 1 aromatic heterocycles. The lowest BCUT2D eigenvalue weighted by Gasteiger charge is -2.17. The Balaban J connectivity index is 1.84. The summed E-state index contributed by atoms with van der Waals surface area (Å²) in [6, 6.07) is 8.50. The fourth-order valence-corrected chi connectivity index (χ4v) is 2.31. The predicted octanol–water partition coefficient (Wildman–Crippen LogP) is 2.11. The molecule has 1 N–H and O–H groups in total. The van der Waals surface area contributed by atoms with E-state index >= 15 is 0 Å². The van der Waals surface area contributed by atoms with Crippen LogP contribution in [0.25, 0.3) is 0 Å². The van der Waals surface area contributed by atoms with Gasteiger partial charge in [-0.3, -0.25) is 4.68 Å². The third-order valence-electron chi connectivity index (χ3n) is 3.45. The summed E-state index contributed by atoms with van der Waals surface area (Å²) in [4.78, 5) is 4.29. The molecule has 5 heteroatoms. The first kappa shape index (κ1) is 15.5. The number of hydrogen-bond donors (Lipinski definition) is 1. The Kier molecular flexibility index (Phi) is 5.75. The topological polar surface area (TPSA) is 52.0 Å². The van der Waals surface area contributed by atoms with Crippen molar-refractivity contribution >= 4 is 0 Å². The number of aromatic nitrogens is 3. The molecule has 0 fully saturated rings. The Morgan fingerprint density at radius 3 is 2.90 bits per heavy atom. The summed E-state index contributed by atoms with van der Waals surface area (Å²) in [7, 11) is 1.93. The quantitative estimate of drug-likeness (QED) is 0.808. The average Bonchev–Trinajstić information content (AvgIpc) is 2.84. The first-order chi connectivity index (χ1) is 10.2. The molecule has 1 heterocycles. The van der Waals surface area contributed by atoms with Crippen LogP contribution in [-0.2, 0) is 13.5 Å². The monoisotopic (exact) mass is 288 g/mol. The van der Waals surface area contributed by atoms with Gasteiger partial charge < -0.3 is 10.1 Å². The van der Waals surface area contributed by atoms with E-state index < -0.39 is 0 Å². The Hall–Kier alpha value is -1.88. The molecule has 0 amide bonds. The van der Waals surface area contributed by atoms with E-state index in [9.17, 15) is 0 Å². The number of nitrogens with one attached hydrogen (secondary N) is 1. The van der Waals surface area contributed by atoms with Crippen molar-refractivity contribution < 1.29 is 4.74 Å². The molecule has 0 aliphatic heterocycles. The van der Waals surface area contributed by atoms with Gasteiger partial charge in [0.05, 0.1) is 6.61 Å². The van der Waals surface area contributed by atoms with Crippen molar-refractivity contribution in [3.63, 3.8) is 0 Å². The van der Waals surface area contributed by atoms with Gasteiger partial charge in [0, 0.05) is 19.5 Å². The molecule has 21 heavy (non-hydrogen) atoms. The van der Waals surface area contributed by atoms with Gasteiger partial charge in [0.15, 0.2) is 0 Å². The van der Waals surface area contributed by atoms with Gasteiger partial charge in [-0.2, -0.15) is 5.10 Å². The Morgan fingerprint density at radius 2 is 2.24 bits per heavy atom. The van der Waals surface area contributed by atoms with Gasteiger partial charge in [-0.05, 0) is 37.6 Å². The number of benzene rings is 1. The Labute approximate surface area is 126 Å². The highest BCUT2D eigenvalue weighted by Crippen LogP contribution is 2.13. The summed E-state index contributed by atoms with van der Waals surface area (Å²) in [6.07, 6.45) is 3.40. The number of hydrogen-bond acceptors (Lipinski definition) is 4. The lowest BCUT2D eigenvalue weighted by Crippen LogP contribution is -2.33. The van der Waals surface area contributed by atoms with E-state index in [1.807, 2.05) is 23.9 Å². The highest BCUT2D eigenvalue weighted by atomic mass is 16.5. The molecule has 0 radical (unpaired) electrons. The molecule has 0 bridgehead atoms. The number of nitrogens with zero attached hydrogens (tertiary/aromatic N) is 3. The summed E-state index contributed by atoms with van der Waals surface area (Å²) in [6.45, 7) is 5.82. The molecule has 1 unspecified atom stereocenters. The standard InChI is InChI=1S/C16H24N4O/c1-4-17-14(11-16-18-12-19-20(16)3)8-9-21-15-7-5-6-13(2)10-15/h5-7,10,12,14,17H,4,8-9,11H2,1-3H3. The van der Waals surface area contributed by atoms with Crippen molar-refractivity contribution in [1.82, 2.24) is 20.1 Å². The lowest BCUT2D eigenvalue weighted by atomic mass is 10.1. The van der Waals surface area contributed by atoms with E-state index in [1.165, 1.54) is 5.56 Å². The normalized spacial score (nSPS) is 12.3. The van der Waals surface area contributed by atoms with E-state index in [0.29, 0.717) is 12.6 Å². The predicted molar refractivity (Wildman–Crippen MR) is 83.5 cm³/mol. The smallest absolute Gasteiger partial charge is 0.138 e. The molecule has 5 nitrogen and oxygen atoms in total. The molecule has 2 aromatic rings. The van der Waals surface area contributed by atoms with E-state index in [4.69, 9.17) is 4.74 Å². The number of rotatable bonds is 8. The Bertz CT molecular complexity index is 553. The second-order valence-corrected chi connectivity index (χ2v) is 5.21. The van der Waals surface area contributed by atoms with Gasteiger partial charge in [-0.1, -0.05) is 19.1 Å². The third-order valence-corrected chi connectivity index (χ3v) is 3.45. The molecule has 2 rings (SSSR count). The van der Waals surface area contributed by atoms with E-state index in [1.54, 1.807) is 6.33 Å². The highest BCUT2D eigenvalue weighted by molar-refractivity contribution is 5.27. The summed E-state index contributed by atoms with van der Waals surface area (Å²) in [5.74, 6) is 1.93. The van der Waals surface area contributed by atoms with Crippen LogP contribution in [0.2, 0.25) is 0 Å². The van der Waals surface area contributed by atoms with Gasteiger partial charge in [-0.15, -0.1) is 0 Å². The molecular weight excluding hydrogens is 264 g/mol. The van der Waals surface area contributed by atoms with Gasteiger partial charge >= 0.3 is 0 Å². The molecule has 0 aliphatic rings. The summed E-state index contributed by atoms with van der Waals surface area (Å²) < 4.78 is 7.66. The van der Waals surface area contributed by atoms with Crippen LogP contribution in [0, 0.1) is 6.92 Å². The third kappa shape index (κ3) is 4.86. The molecule has 0 spiro atoms. The van der Waals surface area contributed by atoms with Crippen molar-refractivity contribution in [2.45, 2.75) is 32.7 Å². The van der Waals surface area contributed by atoms with Crippen LogP contribution in [0.1, 0.15) is 24.7 Å². The van der Waals surface area contributed by atoms with E-state index in [2.05, 4.69) is 41.4 Å².